The number of carbonyl (C=O) groups is 1. The zero-order valence-electron chi connectivity index (χ0n) is 14.3. The second kappa shape index (κ2) is 8.08. The molecule has 0 N–H and O–H groups in total. The molecular weight excluding hydrogens is 431 g/mol. The van der Waals surface area contributed by atoms with Crippen molar-refractivity contribution >= 4 is 28.6 Å². The summed E-state index contributed by atoms with van der Waals surface area (Å²) in [5.41, 5.74) is 2.32. The number of carbonyl (C=O) groups excluding carboxylic acids is 1. The molecule has 25 heavy (non-hydrogen) atoms. The largest absolute Gasteiger partial charge is 0.493 e. The van der Waals surface area contributed by atoms with Crippen LogP contribution >= 0.6 is 22.6 Å². The lowest BCUT2D eigenvalue weighted by atomic mass is 9.85. The molecule has 2 aromatic carbocycles. The molecule has 1 heterocycles. The zero-order valence-corrected chi connectivity index (χ0v) is 16.5. The van der Waals surface area contributed by atoms with E-state index < -0.39 is 0 Å². The van der Waals surface area contributed by atoms with Crippen molar-refractivity contribution in [2.75, 3.05) is 20.8 Å². The van der Waals surface area contributed by atoms with Gasteiger partial charge in [-0.3, -0.25) is 4.79 Å². The van der Waals surface area contributed by atoms with Gasteiger partial charge < -0.3 is 14.2 Å². The van der Waals surface area contributed by atoms with Gasteiger partial charge in [-0.15, -0.1) is 0 Å². The number of methoxy groups -OCH3 is 2. The van der Waals surface area contributed by atoms with Crippen molar-refractivity contribution in [3.63, 3.8) is 0 Å². The van der Waals surface area contributed by atoms with E-state index in [4.69, 9.17) is 14.2 Å². The standard InChI is InChI=1S/C20H21IO4/c1-23-18-8-7-13(10-19(18)24-2)9-15-12-25-20(22)16(15)11-14-5-3-4-6-17(14)21/h3-8,10,15-16H,9,11-12H2,1-2H3/t15-,16+/m0/s1. The Kier molecular flexibility index (Phi) is 5.83. The fraction of sp³-hybridized carbons (Fsp3) is 0.350. The van der Waals surface area contributed by atoms with E-state index in [9.17, 15) is 4.79 Å². The van der Waals surface area contributed by atoms with Crippen LogP contribution in [0.5, 0.6) is 11.5 Å². The van der Waals surface area contributed by atoms with Gasteiger partial charge in [0.2, 0.25) is 0 Å². The first kappa shape index (κ1) is 18.0. The molecule has 1 saturated heterocycles. The first-order chi connectivity index (χ1) is 12.1. The SMILES string of the molecule is COc1ccc(C[C@H]2COC(=O)[C@@H]2Cc2ccccc2I)cc1OC. The highest BCUT2D eigenvalue weighted by Gasteiger charge is 2.37. The Balaban J connectivity index is 1.77. The molecular formula is C20H21IO4. The van der Waals surface area contributed by atoms with Crippen LogP contribution in [0, 0.1) is 15.4 Å². The summed E-state index contributed by atoms with van der Waals surface area (Å²) >= 11 is 2.32. The van der Waals surface area contributed by atoms with E-state index in [0.29, 0.717) is 18.1 Å². The lowest BCUT2D eigenvalue weighted by Crippen LogP contribution is -2.21. The topological polar surface area (TPSA) is 44.8 Å². The maximum absolute atomic E-state index is 12.2. The molecule has 0 amide bonds. The van der Waals surface area contributed by atoms with Gasteiger partial charge in [-0.2, -0.15) is 0 Å². The summed E-state index contributed by atoms with van der Waals surface area (Å²) < 4.78 is 17.2. The van der Waals surface area contributed by atoms with Crippen molar-refractivity contribution < 1.29 is 19.0 Å². The summed E-state index contributed by atoms with van der Waals surface area (Å²) in [4.78, 5) is 12.2. The average molecular weight is 452 g/mol. The Morgan fingerprint density at radius 3 is 2.56 bits per heavy atom. The molecule has 0 saturated carbocycles. The molecule has 3 rings (SSSR count). The minimum atomic E-state index is -0.107. The molecule has 0 spiro atoms. The molecule has 4 nitrogen and oxygen atoms in total. The molecule has 0 aliphatic carbocycles. The second-order valence-corrected chi connectivity index (χ2v) is 7.35. The number of esters is 1. The van der Waals surface area contributed by atoms with E-state index in [1.165, 1.54) is 9.13 Å². The highest BCUT2D eigenvalue weighted by Crippen LogP contribution is 2.33. The molecule has 0 aromatic heterocycles. The van der Waals surface area contributed by atoms with Crippen LogP contribution in [0.3, 0.4) is 0 Å². The van der Waals surface area contributed by atoms with Crippen LogP contribution in [-0.2, 0) is 22.4 Å². The van der Waals surface area contributed by atoms with Gasteiger partial charge in [0.15, 0.2) is 11.5 Å². The first-order valence-electron chi connectivity index (χ1n) is 8.23. The van der Waals surface area contributed by atoms with Crippen molar-refractivity contribution in [3.05, 3.63) is 57.2 Å². The fourth-order valence-corrected chi connectivity index (χ4v) is 3.87. The smallest absolute Gasteiger partial charge is 0.309 e. The second-order valence-electron chi connectivity index (χ2n) is 6.19. The van der Waals surface area contributed by atoms with Crippen LogP contribution in [0.4, 0.5) is 0 Å². The molecule has 5 heteroatoms. The van der Waals surface area contributed by atoms with E-state index in [2.05, 4.69) is 34.7 Å². The minimum Gasteiger partial charge on any atom is -0.493 e. The predicted octanol–water partition coefficient (Wildman–Crippen LogP) is 3.88. The van der Waals surface area contributed by atoms with Crippen LogP contribution in [0.1, 0.15) is 11.1 Å². The van der Waals surface area contributed by atoms with E-state index in [1.54, 1.807) is 14.2 Å². The molecule has 0 unspecified atom stereocenters. The zero-order chi connectivity index (χ0) is 17.8. The number of benzene rings is 2. The summed E-state index contributed by atoms with van der Waals surface area (Å²) in [7, 11) is 3.25. The summed E-state index contributed by atoms with van der Waals surface area (Å²) in [6.07, 6.45) is 1.50. The summed E-state index contributed by atoms with van der Waals surface area (Å²) in [5.74, 6) is 1.38. The molecule has 0 bridgehead atoms. The first-order valence-corrected chi connectivity index (χ1v) is 9.31. The summed E-state index contributed by atoms with van der Waals surface area (Å²) in [6, 6.07) is 14.1. The van der Waals surface area contributed by atoms with Crippen LogP contribution in [0.15, 0.2) is 42.5 Å². The Morgan fingerprint density at radius 1 is 1.08 bits per heavy atom. The molecule has 2 atom stereocenters. The van der Waals surface area contributed by atoms with Crippen molar-refractivity contribution in [1.29, 1.82) is 0 Å². The third kappa shape index (κ3) is 4.08. The molecule has 132 valence electrons. The van der Waals surface area contributed by atoms with Crippen molar-refractivity contribution in [3.8, 4) is 11.5 Å². The molecule has 1 aliphatic heterocycles. The van der Waals surface area contributed by atoms with Crippen LogP contribution in [0.2, 0.25) is 0 Å². The minimum absolute atomic E-state index is 0.0925. The lowest BCUT2D eigenvalue weighted by Gasteiger charge is -2.17. The average Bonchev–Trinajstić information content (AvgIpc) is 2.96. The quantitative estimate of drug-likeness (QED) is 0.493. The van der Waals surface area contributed by atoms with E-state index in [0.717, 1.165) is 18.4 Å². The van der Waals surface area contributed by atoms with Gasteiger partial charge in [-0.1, -0.05) is 24.3 Å². The van der Waals surface area contributed by atoms with Crippen LogP contribution < -0.4 is 9.47 Å². The van der Waals surface area contributed by atoms with Gasteiger partial charge in [-0.25, -0.2) is 0 Å². The third-order valence-electron chi connectivity index (χ3n) is 4.65. The number of halogens is 1. The van der Waals surface area contributed by atoms with Crippen molar-refractivity contribution in [2.24, 2.45) is 11.8 Å². The number of ether oxygens (including phenoxy) is 3. The molecule has 1 fully saturated rings. The Bertz CT molecular complexity index is 759. The van der Waals surface area contributed by atoms with E-state index in [-0.39, 0.29) is 17.8 Å². The Morgan fingerprint density at radius 2 is 1.84 bits per heavy atom. The van der Waals surface area contributed by atoms with Gasteiger partial charge in [0.25, 0.3) is 0 Å². The van der Waals surface area contributed by atoms with Crippen LogP contribution in [0.25, 0.3) is 0 Å². The molecule has 1 aliphatic rings. The van der Waals surface area contributed by atoms with E-state index in [1.807, 2.05) is 30.3 Å². The number of cyclic esters (lactones) is 1. The summed E-state index contributed by atoms with van der Waals surface area (Å²) in [6.45, 7) is 0.473. The maximum Gasteiger partial charge on any atom is 0.309 e. The Hall–Kier alpha value is -1.76. The molecule has 0 radical (unpaired) electrons. The van der Waals surface area contributed by atoms with Crippen molar-refractivity contribution in [1.82, 2.24) is 0 Å². The van der Waals surface area contributed by atoms with Crippen LogP contribution in [-0.4, -0.2) is 26.8 Å². The lowest BCUT2D eigenvalue weighted by molar-refractivity contribution is -0.141. The molecule has 2 aromatic rings. The third-order valence-corrected chi connectivity index (χ3v) is 5.71. The normalized spacial score (nSPS) is 19.6. The summed E-state index contributed by atoms with van der Waals surface area (Å²) in [5, 5.41) is 0. The number of hydrogen-bond acceptors (Lipinski definition) is 4. The maximum atomic E-state index is 12.2. The van der Waals surface area contributed by atoms with Gasteiger partial charge in [0.1, 0.15) is 0 Å². The van der Waals surface area contributed by atoms with E-state index >= 15 is 0 Å². The monoisotopic (exact) mass is 452 g/mol. The van der Waals surface area contributed by atoms with Gasteiger partial charge in [0.05, 0.1) is 26.7 Å². The number of hydrogen-bond donors (Lipinski definition) is 0. The van der Waals surface area contributed by atoms with Gasteiger partial charge >= 0.3 is 5.97 Å². The fourth-order valence-electron chi connectivity index (χ4n) is 3.27. The van der Waals surface area contributed by atoms with Gasteiger partial charge in [0, 0.05) is 9.49 Å². The van der Waals surface area contributed by atoms with Gasteiger partial charge in [-0.05, 0) is 64.8 Å². The Labute approximate surface area is 161 Å². The highest BCUT2D eigenvalue weighted by atomic mass is 127. The predicted molar refractivity (Wildman–Crippen MR) is 104 cm³/mol. The van der Waals surface area contributed by atoms with Crippen molar-refractivity contribution in [2.45, 2.75) is 12.8 Å². The number of rotatable bonds is 6. The highest BCUT2D eigenvalue weighted by molar-refractivity contribution is 14.1.